The number of methoxy groups -OCH3 is 2. The van der Waals surface area contributed by atoms with Gasteiger partial charge in [-0.15, -0.1) is 0 Å². The molecule has 6 heteroatoms. The van der Waals surface area contributed by atoms with E-state index in [1.54, 1.807) is 14.2 Å². The van der Waals surface area contributed by atoms with Crippen molar-refractivity contribution in [3.8, 4) is 17.2 Å². The second-order valence-corrected chi connectivity index (χ2v) is 7.81. The van der Waals surface area contributed by atoms with E-state index in [2.05, 4.69) is 5.32 Å². The molecular formula is C21H29NO5. The summed E-state index contributed by atoms with van der Waals surface area (Å²) >= 11 is 0. The van der Waals surface area contributed by atoms with E-state index < -0.39 is 0 Å². The first-order valence-electron chi connectivity index (χ1n) is 10.0. The van der Waals surface area contributed by atoms with Crippen molar-refractivity contribution in [1.29, 1.82) is 0 Å². The van der Waals surface area contributed by atoms with Gasteiger partial charge in [-0.2, -0.15) is 0 Å². The molecule has 2 aliphatic heterocycles. The Morgan fingerprint density at radius 2 is 1.81 bits per heavy atom. The second-order valence-electron chi connectivity index (χ2n) is 7.81. The van der Waals surface area contributed by atoms with E-state index in [1.807, 2.05) is 18.2 Å². The Morgan fingerprint density at radius 1 is 1.04 bits per heavy atom. The number of carbonyl (C=O) groups excluding carboxylic acids is 1. The number of ether oxygens (including phenoxy) is 4. The van der Waals surface area contributed by atoms with Gasteiger partial charge in [0, 0.05) is 6.04 Å². The van der Waals surface area contributed by atoms with Crippen molar-refractivity contribution in [3.05, 3.63) is 18.2 Å². The van der Waals surface area contributed by atoms with Gasteiger partial charge in [-0.3, -0.25) is 4.79 Å². The summed E-state index contributed by atoms with van der Waals surface area (Å²) in [5.41, 5.74) is 0. The molecular weight excluding hydrogens is 346 g/mol. The van der Waals surface area contributed by atoms with Crippen molar-refractivity contribution in [3.63, 3.8) is 0 Å². The number of nitrogens with one attached hydrogen (secondary N) is 1. The Balaban J connectivity index is 1.27. The van der Waals surface area contributed by atoms with Crippen LogP contribution in [0.1, 0.15) is 44.9 Å². The molecule has 1 aromatic carbocycles. The molecule has 0 radical (unpaired) electrons. The predicted octanol–water partition coefficient (Wildman–Crippen LogP) is 3.08. The van der Waals surface area contributed by atoms with Gasteiger partial charge in [0.1, 0.15) is 0 Å². The fourth-order valence-corrected chi connectivity index (χ4v) is 4.68. The van der Waals surface area contributed by atoms with Crippen LogP contribution in [-0.2, 0) is 9.53 Å². The number of hydrogen-bond donors (Lipinski definition) is 1. The largest absolute Gasteiger partial charge is 0.493 e. The van der Waals surface area contributed by atoms with Crippen LogP contribution in [0.5, 0.6) is 17.2 Å². The molecule has 3 aliphatic rings. The van der Waals surface area contributed by atoms with E-state index in [4.69, 9.17) is 18.9 Å². The van der Waals surface area contributed by atoms with Crippen molar-refractivity contribution in [2.75, 3.05) is 14.2 Å². The molecule has 1 aromatic rings. The highest BCUT2D eigenvalue weighted by Crippen LogP contribution is 2.40. The Hall–Kier alpha value is -1.95. The quantitative estimate of drug-likeness (QED) is 0.828. The second kappa shape index (κ2) is 7.97. The van der Waals surface area contributed by atoms with Gasteiger partial charge in [-0.25, -0.2) is 0 Å². The number of para-hydroxylation sites is 1. The SMILES string of the molecule is COc1cccc(OC2CCC(NC(=O)[C@@H]3C[C@@H]4CC[C@H]3O4)CC2)c1OC. The van der Waals surface area contributed by atoms with E-state index in [9.17, 15) is 4.79 Å². The summed E-state index contributed by atoms with van der Waals surface area (Å²) in [6.45, 7) is 0. The fourth-order valence-electron chi connectivity index (χ4n) is 4.68. The zero-order chi connectivity index (χ0) is 18.8. The third kappa shape index (κ3) is 3.86. The molecule has 1 amide bonds. The molecule has 0 spiro atoms. The van der Waals surface area contributed by atoms with E-state index >= 15 is 0 Å². The Bertz CT molecular complexity index is 671. The minimum atomic E-state index is 0.0544. The zero-order valence-electron chi connectivity index (χ0n) is 16.1. The topological polar surface area (TPSA) is 66.0 Å². The lowest BCUT2D eigenvalue weighted by Gasteiger charge is -2.31. The van der Waals surface area contributed by atoms with E-state index in [0.29, 0.717) is 23.4 Å². The molecule has 2 saturated heterocycles. The summed E-state index contributed by atoms with van der Waals surface area (Å²) in [5.74, 6) is 2.25. The van der Waals surface area contributed by atoms with E-state index in [-0.39, 0.29) is 30.1 Å². The molecule has 6 nitrogen and oxygen atoms in total. The van der Waals surface area contributed by atoms with Crippen molar-refractivity contribution in [1.82, 2.24) is 5.32 Å². The van der Waals surface area contributed by atoms with Gasteiger partial charge in [-0.1, -0.05) is 6.07 Å². The minimum absolute atomic E-state index is 0.0544. The molecule has 27 heavy (non-hydrogen) atoms. The summed E-state index contributed by atoms with van der Waals surface area (Å²) in [4.78, 5) is 12.6. The molecule has 4 rings (SSSR count). The number of carbonyl (C=O) groups is 1. The summed E-state index contributed by atoms with van der Waals surface area (Å²) in [5, 5.41) is 3.25. The van der Waals surface area contributed by atoms with Crippen molar-refractivity contribution in [2.45, 2.75) is 69.3 Å². The highest BCUT2D eigenvalue weighted by molar-refractivity contribution is 5.80. The molecule has 0 aromatic heterocycles. The zero-order valence-corrected chi connectivity index (χ0v) is 16.1. The summed E-state index contributed by atoms with van der Waals surface area (Å²) in [6.07, 6.45) is 7.33. The number of benzene rings is 1. The molecule has 3 atom stereocenters. The van der Waals surface area contributed by atoms with Gasteiger partial charge < -0.3 is 24.3 Å². The molecule has 148 valence electrons. The fraction of sp³-hybridized carbons (Fsp3) is 0.667. The number of amides is 1. The standard InChI is InChI=1S/C21H29NO5/c1-24-18-4-3-5-19(20(18)25-2)26-14-8-6-13(7-9-14)22-21(23)16-12-15-10-11-17(16)27-15/h3-5,13-17H,6-12H2,1-2H3,(H,22,23)/t13?,14?,15-,16+,17+/m0/s1. The average molecular weight is 375 g/mol. The highest BCUT2D eigenvalue weighted by Gasteiger charge is 2.44. The van der Waals surface area contributed by atoms with Gasteiger partial charge in [-0.05, 0) is 57.1 Å². The first-order valence-corrected chi connectivity index (χ1v) is 10.0. The van der Waals surface area contributed by atoms with Crippen LogP contribution in [0.3, 0.4) is 0 Å². The van der Waals surface area contributed by atoms with Gasteiger partial charge in [0.2, 0.25) is 11.7 Å². The first-order chi connectivity index (χ1) is 13.2. The average Bonchev–Trinajstić information content (AvgIpc) is 3.33. The Kier molecular flexibility index (Phi) is 5.43. The lowest BCUT2D eigenvalue weighted by molar-refractivity contribution is -0.127. The number of fused-ring (bicyclic) bond motifs is 2. The van der Waals surface area contributed by atoms with Crippen molar-refractivity contribution < 1.29 is 23.7 Å². The van der Waals surface area contributed by atoms with Crippen LogP contribution in [0.2, 0.25) is 0 Å². The lowest BCUT2D eigenvalue weighted by Crippen LogP contribution is -2.44. The van der Waals surface area contributed by atoms with Gasteiger partial charge in [0.05, 0.1) is 38.4 Å². The normalized spacial score (nSPS) is 32.1. The van der Waals surface area contributed by atoms with Crippen LogP contribution >= 0.6 is 0 Å². The van der Waals surface area contributed by atoms with E-state index in [1.165, 1.54) is 0 Å². The van der Waals surface area contributed by atoms with E-state index in [0.717, 1.165) is 44.9 Å². The van der Waals surface area contributed by atoms with Crippen molar-refractivity contribution >= 4 is 5.91 Å². The Labute approximate surface area is 160 Å². The van der Waals surface area contributed by atoms with Crippen molar-refractivity contribution in [2.24, 2.45) is 5.92 Å². The molecule has 2 heterocycles. The lowest BCUT2D eigenvalue weighted by atomic mass is 9.87. The molecule has 3 fully saturated rings. The monoisotopic (exact) mass is 375 g/mol. The van der Waals surface area contributed by atoms with Crippen LogP contribution in [0, 0.1) is 5.92 Å². The highest BCUT2D eigenvalue weighted by atomic mass is 16.5. The van der Waals surface area contributed by atoms with Gasteiger partial charge in [0.15, 0.2) is 11.5 Å². The van der Waals surface area contributed by atoms with Crippen LogP contribution in [0.4, 0.5) is 0 Å². The van der Waals surface area contributed by atoms with Crippen LogP contribution in [0.25, 0.3) is 0 Å². The third-order valence-electron chi connectivity index (χ3n) is 6.12. The van der Waals surface area contributed by atoms with Crippen LogP contribution in [0.15, 0.2) is 18.2 Å². The molecule has 1 aliphatic carbocycles. The minimum Gasteiger partial charge on any atom is -0.493 e. The maximum Gasteiger partial charge on any atom is 0.226 e. The predicted molar refractivity (Wildman–Crippen MR) is 100 cm³/mol. The van der Waals surface area contributed by atoms with Crippen LogP contribution in [-0.4, -0.2) is 44.5 Å². The molecule has 1 N–H and O–H groups in total. The maximum absolute atomic E-state index is 12.6. The Morgan fingerprint density at radius 3 is 2.44 bits per heavy atom. The van der Waals surface area contributed by atoms with Gasteiger partial charge >= 0.3 is 0 Å². The first kappa shape index (κ1) is 18.4. The van der Waals surface area contributed by atoms with Crippen LogP contribution < -0.4 is 19.5 Å². The summed E-state index contributed by atoms with van der Waals surface area (Å²) in [6, 6.07) is 5.91. The maximum atomic E-state index is 12.6. The van der Waals surface area contributed by atoms with Gasteiger partial charge in [0.25, 0.3) is 0 Å². The summed E-state index contributed by atoms with van der Waals surface area (Å²) < 4.78 is 22.8. The number of hydrogen-bond acceptors (Lipinski definition) is 5. The third-order valence-corrected chi connectivity index (χ3v) is 6.12. The molecule has 1 saturated carbocycles. The molecule has 2 bridgehead atoms. The number of rotatable bonds is 6. The smallest absolute Gasteiger partial charge is 0.226 e. The molecule has 0 unspecified atom stereocenters. The summed E-state index contributed by atoms with van der Waals surface area (Å²) in [7, 11) is 3.24.